The van der Waals surface area contributed by atoms with E-state index in [1.807, 2.05) is 38.9 Å². The second-order valence-electron chi connectivity index (χ2n) is 7.41. The molecule has 2 aromatic carbocycles. The number of aryl methyl sites for hydroxylation is 2. The maximum atomic E-state index is 13.0. The number of carbonyl (C=O) groups is 1. The molecule has 0 saturated carbocycles. The molecule has 0 fully saturated rings. The summed E-state index contributed by atoms with van der Waals surface area (Å²) in [4.78, 5) is 31.9. The van der Waals surface area contributed by atoms with Crippen LogP contribution < -0.4 is 4.90 Å². The highest BCUT2D eigenvalue weighted by Gasteiger charge is 2.19. The SMILES string of the molecule is Cc1cc(C)c2sc(N(CCN(C)C)C(=O)C=Cc3cccc([N+](=O)[O-])c3)nc2c1.Cl. The quantitative estimate of drug-likeness (QED) is 0.286. The molecule has 0 bridgehead atoms. The van der Waals surface area contributed by atoms with E-state index in [2.05, 4.69) is 6.07 Å². The average Bonchev–Trinajstić information content (AvgIpc) is 3.10. The van der Waals surface area contributed by atoms with Gasteiger partial charge in [-0.15, -0.1) is 12.4 Å². The van der Waals surface area contributed by atoms with Crippen LogP contribution in [0.4, 0.5) is 10.8 Å². The van der Waals surface area contributed by atoms with Crippen LogP contribution in [0.3, 0.4) is 0 Å². The Bertz CT molecular complexity index is 1130. The summed E-state index contributed by atoms with van der Waals surface area (Å²) in [6, 6.07) is 10.3. The molecule has 3 rings (SSSR count). The maximum absolute atomic E-state index is 13.0. The molecule has 164 valence electrons. The lowest BCUT2D eigenvalue weighted by molar-refractivity contribution is -0.384. The fourth-order valence-corrected chi connectivity index (χ4v) is 4.13. The number of nitro groups is 1. The molecular weight excluding hydrogens is 436 g/mol. The number of thiazole rings is 1. The van der Waals surface area contributed by atoms with Crippen LogP contribution in [0.15, 0.2) is 42.5 Å². The van der Waals surface area contributed by atoms with Crippen LogP contribution in [-0.2, 0) is 4.79 Å². The molecule has 1 amide bonds. The van der Waals surface area contributed by atoms with Crippen LogP contribution in [0.25, 0.3) is 16.3 Å². The van der Waals surface area contributed by atoms with Gasteiger partial charge in [-0.05, 0) is 56.8 Å². The highest BCUT2D eigenvalue weighted by molar-refractivity contribution is 7.22. The summed E-state index contributed by atoms with van der Waals surface area (Å²) in [6.45, 7) is 5.25. The first kappa shape index (κ1) is 24.5. The fraction of sp³-hybridized carbons (Fsp3) is 0.273. The van der Waals surface area contributed by atoms with Crippen molar-refractivity contribution in [2.45, 2.75) is 13.8 Å². The lowest BCUT2D eigenvalue weighted by Crippen LogP contribution is -2.35. The van der Waals surface area contributed by atoms with Gasteiger partial charge in [-0.2, -0.15) is 0 Å². The lowest BCUT2D eigenvalue weighted by Gasteiger charge is -2.20. The van der Waals surface area contributed by atoms with E-state index in [0.29, 0.717) is 23.8 Å². The Morgan fingerprint density at radius 3 is 2.61 bits per heavy atom. The fourth-order valence-electron chi connectivity index (χ4n) is 3.08. The van der Waals surface area contributed by atoms with E-state index in [1.54, 1.807) is 23.1 Å². The van der Waals surface area contributed by atoms with E-state index in [-0.39, 0.29) is 24.0 Å². The van der Waals surface area contributed by atoms with Gasteiger partial charge in [-0.1, -0.05) is 29.5 Å². The molecule has 0 aliphatic rings. The standard InChI is InChI=1S/C22H24N4O3S.ClH/c1-15-12-16(2)21-19(13-15)23-22(30-21)25(11-10-24(3)4)20(27)9-8-17-6-5-7-18(14-17)26(28)29;/h5-9,12-14H,10-11H2,1-4H3;1H. The molecule has 0 N–H and O–H groups in total. The minimum absolute atomic E-state index is 0. The molecule has 1 heterocycles. The molecule has 0 atom stereocenters. The third kappa shape index (κ3) is 6.10. The van der Waals surface area contributed by atoms with Crippen molar-refractivity contribution in [1.29, 1.82) is 0 Å². The number of aromatic nitrogens is 1. The molecule has 0 spiro atoms. The van der Waals surface area contributed by atoms with Gasteiger partial charge in [-0.25, -0.2) is 4.98 Å². The van der Waals surface area contributed by atoms with Crippen molar-refractivity contribution in [3.05, 3.63) is 69.3 Å². The Morgan fingerprint density at radius 1 is 1.19 bits per heavy atom. The van der Waals surface area contributed by atoms with Crippen molar-refractivity contribution in [3.63, 3.8) is 0 Å². The van der Waals surface area contributed by atoms with E-state index < -0.39 is 4.92 Å². The van der Waals surface area contributed by atoms with Crippen LogP contribution in [0.5, 0.6) is 0 Å². The first-order valence-electron chi connectivity index (χ1n) is 9.51. The summed E-state index contributed by atoms with van der Waals surface area (Å²) in [6.07, 6.45) is 3.04. The smallest absolute Gasteiger partial charge is 0.270 e. The van der Waals surface area contributed by atoms with Crippen molar-refractivity contribution in [1.82, 2.24) is 9.88 Å². The van der Waals surface area contributed by atoms with Crippen LogP contribution in [0, 0.1) is 24.0 Å². The van der Waals surface area contributed by atoms with Gasteiger partial charge in [0.15, 0.2) is 5.13 Å². The summed E-state index contributed by atoms with van der Waals surface area (Å²) < 4.78 is 1.07. The van der Waals surface area contributed by atoms with E-state index in [1.165, 1.54) is 29.5 Å². The van der Waals surface area contributed by atoms with Crippen LogP contribution in [0.1, 0.15) is 16.7 Å². The molecule has 9 heteroatoms. The van der Waals surface area contributed by atoms with Gasteiger partial charge in [0.05, 0.1) is 15.1 Å². The summed E-state index contributed by atoms with van der Waals surface area (Å²) in [5, 5.41) is 11.6. The van der Waals surface area contributed by atoms with E-state index in [0.717, 1.165) is 21.3 Å². The first-order chi connectivity index (χ1) is 14.2. The van der Waals surface area contributed by atoms with E-state index in [9.17, 15) is 14.9 Å². The maximum Gasteiger partial charge on any atom is 0.270 e. The van der Waals surface area contributed by atoms with Gasteiger partial charge in [0.25, 0.3) is 11.6 Å². The third-order valence-electron chi connectivity index (χ3n) is 4.58. The summed E-state index contributed by atoms with van der Waals surface area (Å²) >= 11 is 1.50. The number of likely N-dealkylation sites (N-methyl/N-ethyl adjacent to an activating group) is 1. The van der Waals surface area contributed by atoms with E-state index >= 15 is 0 Å². The van der Waals surface area contributed by atoms with Gasteiger partial charge in [0.1, 0.15) is 0 Å². The summed E-state index contributed by atoms with van der Waals surface area (Å²) in [7, 11) is 3.90. The number of amides is 1. The number of rotatable bonds is 7. The van der Waals surface area contributed by atoms with Crippen LogP contribution >= 0.6 is 23.7 Å². The third-order valence-corrected chi connectivity index (χ3v) is 5.81. The second kappa shape index (κ2) is 10.5. The number of anilines is 1. The van der Waals surface area contributed by atoms with Gasteiger partial charge in [-0.3, -0.25) is 19.8 Å². The van der Waals surface area contributed by atoms with Crippen molar-refractivity contribution in [3.8, 4) is 0 Å². The molecule has 31 heavy (non-hydrogen) atoms. The molecule has 0 saturated heterocycles. The van der Waals surface area contributed by atoms with Gasteiger partial charge in [0, 0.05) is 31.3 Å². The molecule has 3 aromatic rings. The van der Waals surface area contributed by atoms with Crippen molar-refractivity contribution < 1.29 is 9.72 Å². The monoisotopic (exact) mass is 460 g/mol. The number of nitrogens with zero attached hydrogens (tertiary/aromatic N) is 4. The molecule has 7 nitrogen and oxygen atoms in total. The molecule has 1 aromatic heterocycles. The van der Waals surface area contributed by atoms with Crippen molar-refractivity contribution >= 4 is 56.8 Å². The molecule has 0 aliphatic heterocycles. The summed E-state index contributed by atoms with van der Waals surface area (Å²) in [5.41, 5.74) is 3.75. The highest BCUT2D eigenvalue weighted by atomic mass is 35.5. The van der Waals surface area contributed by atoms with Gasteiger partial charge >= 0.3 is 0 Å². The molecular formula is C22H25ClN4O3S. The average molecular weight is 461 g/mol. The van der Waals surface area contributed by atoms with Gasteiger partial charge < -0.3 is 4.90 Å². The Hall–Kier alpha value is -2.81. The van der Waals surface area contributed by atoms with Gasteiger partial charge in [0.2, 0.25) is 0 Å². The van der Waals surface area contributed by atoms with E-state index in [4.69, 9.17) is 4.98 Å². The zero-order chi connectivity index (χ0) is 21.8. The minimum atomic E-state index is -0.450. The predicted octanol–water partition coefficient (Wildman–Crippen LogP) is 4.85. The highest BCUT2D eigenvalue weighted by Crippen LogP contribution is 2.32. The molecule has 0 radical (unpaired) electrons. The van der Waals surface area contributed by atoms with Crippen molar-refractivity contribution in [2.75, 3.05) is 32.1 Å². The number of hydrogen-bond acceptors (Lipinski definition) is 6. The minimum Gasteiger partial charge on any atom is -0.308 e. The number of non-ortho nitro benzene ring substituents is 1. The molecule has 0 aliphatic carbocycles. The zero-order valence-electron chi connectivity index (χ0n) is 17.9. The number of hydrogen-bond donors (Lipinski definition) is 0. The lowest BCUT2D eigenvalue weighted by atomic mass is 10.1. The summed E-state index contributed by atoms with van der Waals surface area (Å²) in [5.74, 6) is -0.211. The number of nitro benzene ring substituents is 1. The molecule has 0 unspecified atom stereocenters. The Balaban J connectivity index is 0.00000341. The topological polar surface area (TPSA) is 79.6 Å². The Morgan fingerprint density at radius 2 is 1.94 bits per heavy atom. The zero-order valence-corrected chi connectivity index (χ0v) is 19.5. The number of carbonyl (C=O) groups excluding carboxylic acids is 1. The Kier molecular flexibility index (Phi) is 8.27. The number of benzene rings is 2. The number of fused-ring (bicyclic) bond motifs is 1. The van der Waals surface area contributed by atoms with Crippen LogP contribution in [-0.4, -0.2) is 47.9 Å². The predicted molar refractivity (Wildman–Crippen MR) is 129 cm³/mol. The first-order valence-corrected chi connectivity index (χ1v) is 10.3. The van der Waals surface area contributed by atoms with Crippen molar-refractivity contribution in [2.24, 2.45) is 0 Å². The Labute approximate surface area is 191 Å². The number of halogens is 1. The largest absolute Gasteiger partial charge is 0.308 e. The second-order valence-corrected chi connectivity index (χ2v) is 8.38. The van der Waals surface area contributed by atoms with Crippen LogP contribution in [0.2, 0.25) is 0 Å². The normalized spacial score (nSPS) is 11.1.